The van der Waals surface area contributed by atoms with Gasteiger partial charge in [0.05, 0.1) is 30.9 Å². The first-order valence-electron chi connectivity index (χ1n) is 10.5. The fourth-order valence-corrected chi connectivity index (χ4v) is 3.59. The summed E-state index contributed by atoms with van der Waals surface area (Å²) in [6, 6.07) is 7.70. The first kappa shape index (κ1) is 20.1. The van der Waals surface area contributed by atoms with Gasteiger partial charge in [-0.1, -0.05) is 0 Å². The van der Waals surface area contributed by atoms with Gasteiger partial charge in [-0.3, -0.25) is 4.98 Å². The second-order valence-corrected chi connectivity index (χ2v) is 7.40. The van der Waals surface area contributed by atoms with Crippen LogP contribution >= 0.6 is 0 Å². The van der Waals surface area contributed by atoms with Gasteiger partial charge < -0.3 is 19.4 Å². The molecule has 1 fully saturated rings. The van der Waals surface area contributed by atoms with Crippen molar-refractivity contribution in [2.24, 2.45) is 0 Å². The molecule has 0 unspecified atom stereocenters. The van der Waals surface area contributed by atoms with E-state index in [1.54, 1.807) is 31.1 Å². The molecule has 162 valence electrons. The molecule has 32 heavy (non-hydrogen) atoms. The number of anilines is 2. The molecule has 0 aromatic carbocycles. The maximum atomic E-state index is 5.56. The molecule has 1 aliphatic heterocycles. The van der Waals surface area contributed by atoms with E-state index in [0.29, 0.717) is 31.7 Å². The number of nitrogens with one attached hydrogen (secondary N) is 1. The number of hydrogen-bond donors (Lipinski definition) is 1. The molecular formula is C23H23N7O2. The second kappa shape index (κ2) is 9.11. The predicted molar refractivity (Wildman–Crippen MR) is 120 cm³/mol. The third-order valence-corrected chi connectivity index (χ3v) is 5.32. The van der Waals surface area contributed by atoms with Crippen LogP contribution in [-0.4, -0.2) is 51.2 Å². The lowest BCUT2D eigenvalue weighted by molar-refractivity contribution is 0.122. The lowest BCUT2D eigenvalue weighted by atomic mass is 10.1. The zero-order valence-corrected chi connectivity index (χ0v) is 17.7. The molecule has 0 atom stereocenters. The summed E-state index contributed by atoms with van der Waals surface area (Å²) in [7, 11) is 0. The van der Waals surface area contributed by atoms with E-state index in [1.807, 2.05) is 31.2 Å². The Morgan fingerprint density at radius 1 is 0.969 bits per heavy atom. The number of aromatic nitrogens is 5. The maximum absolute atomic E-state index is 5.56. The molecule has 5 heterocycles. The Hall–Kier alpha value is -3.85. The molecule has 0 saturated carbocycles. The third kappa shape index (κ3) is 4.28. The number of nitrogens with zero attached hydrogens (tertiary/aromatic N) is 6. The van der Waals surface area contributed by atoms with E-state index in [2.05, 4.69) is 25.2 Å². The molecule has 0 aliphatic carbocycles. The van der Waals surface area contributed by atoms with E-state index in [9.17, 15) is 0 Å². The highest BCUT2D eigenvalue weighted by Crippen LogP contribution is 2.33. The highest BCUT2D eigenvalue weighted by molar-refractivity contribution is 5.80. The first-order chi connectivity index (χ1) is 15.8. The lowest BCUT2D eigenvalue weighted by Gasteiger charge is -2.26. The van der Waals surface area contributed by atoms with Crippen LogP contribution in [0.1, 0.15) is 11.3 Å². The molecule has 1 saturated heterocycles. The van der Waals surface area contributed by atoms with Gasteiger partial charge in [-0.15, -0.1) is 0 Å². The van der Waals surface area contributed by atoms with E-state index < -0.39 is 0 Å². The highest BCUT2D eigenvalue weighted by atomic mass is 16.5. The van der Waals surface area contributed by atoms with E-state index in [1.165, 1.54) is 0 Å². The van der Waals surface area contributed by atoms with Crippen LogP contribution in [0.15, 0.2) is 59.7 Å². The van der Waals surface area contributed by atoms with Crippen LogP contribution in [0.2, 0.25) is 0 Å². The van der Waals surface area contributed by atoms with Gasteiger partial charge in [0.1, 0.15) is 5.76 Å². The number of morpholine rings is 1. The maximum Gasteiger partial charge on any atom is 0.226 e. The third-order valence-electron chi connectivity index (χ3n) is 5.32. The summed E-state index contributed by atoms with van der Waals surface area (Å²) in [4.78, 5) is 24.8. The van der Waals surface area contributed by atoms with Gasteiger partial charge in [-0.2, -0.15) is 0 Å². The molecule has 9 nitrogen and oxygen atoms in total. The Balaban J connectivity index is 1.50. The van der Waals surface area contributed by atoms with E-state index in [-0.39, 0.29) is 0 Å². The van der Waals surface area contributed by atoms with Crippen molar-refractivity contribution in [1.82, 2.24) is 24.9 Å². The Bertz CT molecular complexity index is 1190. The number of ether oxygens (including phenoxy) is 1. The lowest BCUT2D eigenvalue weighted by Crippen LogP contribution is -2.37. The van der Waals surface area contributed by atoms with Crippen molar-refractivity contribution >= 4 is 11.9 Å². The number of pyridine rings is 1. The zero-order chi connectivity index (χ0) is 21.8. The molecule has 0 spiro atoms. The highest BCUT2D eigenvalue weighted by Gasteiger charge is 2.19. The zero-order valence-electron chi connectivity index (χ0n) is 17.7. The predicted octanol–water partition coefficient (Wildman–Crippen LogP) is 3.35. The summed E-state index contributed by atoms with van der Waals surface area (Å²) >= 11 is 0. The van der Waals surface area contributed by atoms with Crippen molar-refractivity contribution in [3.05, 3.63) is 66.6 Å². The Labute approximate surface area is 185 Å². The molecule has 0 amide bonds. The van der Waals surface area contributed by atoms with Crippen molar-refractivity contribution in [1.29, 1.82) is 0 Å². The van der Waals surface area contributed by atoms with Gasteiger partial charge in [0, 0.05) is 55.5 Å². The smallest absolute Gasteiger partial charge is 0.226 e. The Morgan fingerprint density at radius 3 is 2.59 bits per heavy atom. The Morgan fingerprint density at radius 2 is 1.81 bits per heavy atom. The quantitative estimate of drug-likeness (QED) is 0.494. The van der Waals surface area contributed by atoms with E-state index in [0.717, 1.165) is 46.9 Å². The SMILES string of the molecule is Cc1occc1-c1nc(NCc2ccncc2)ncc1-c1ccnc(N2CCOCC2)n1. The minimum atomic E-state index is 0.531. The number of hydrogen-bond acceptors (Lipinski definition) is 9. The van der Waals surface area contributed by atoms with Crippen molar-refractivity contribution in [2.75, 3.05) is 36.5 Å². The molecular weight excluding hydrogens is 406 g/mol. The molecule has 0 bridgehead atoms. The van der Waals surface area contributed by atoms with Crippen molar-refractivity contribution in [3.8, 4) is 22.5 Å². The normalized spacial score (nSPS) is 13.8. The molecule has 5 rings (SSSR count). The molecule has 1 aliphatic rings. The summed E-state index contributed by atoms with van der Waals surface area (Å²) < 4.78 is 11.0. The van der Waals surface area contributed by atoms with Gasteiger partial charge in [-0.05, 0) is 36.8 Å². The average molecular weight is 429 g/mol. The van der Waals surface area contributed by atoms with Crippen molar-refractivity contribution < 1.29 is 9.15 Å². The summed E-state index contributed by atoms with van der Waals surface area (Å²) in [6.45, 7) is 5.41. The van der Waals surface area contributed by atoms with Crippen molar-refractivity contribution in [2.45, 2.75) is 13.5 Å². The van der Waals surface area contributed by atoms with Crippen LogP contribution in [0.5, 0.6) is 0 Å². The van der Waals surface area contributed by atoms with Crippen LogP contribution in [0, 0.1) is 6.92 Å². The van der Waals surface area contributed by atoms with Crippen LogP contribution in [0.25, 0.3) is 22.5 Å². The van der Waals surface area contributed by atoms with Crippen molar-refractivity contribution in [3.63, 3.8) is 0 Å². The number of rotatable bonds is 6. The summed E-state index contributed by atoms with van der Waals surface area (Å²) in [6.07, 6.45) is 8.77. The molecule has 4 aromatic heterocycles. The van der Waals surface area contributed by atoms with E-state index in [4.69, 9.17) is 19.1 Å². The second-order valence-electron chi connectivity index (χ2n) is 7.40. The van der Waals surface area contributed by atoms with Gasteiger partial charge in [0.25, 0.3) is 0 Å². The van der Waals surface area contributed by atoms with Crippen LogP contribution in [0.3, 0.4) is 0 Å². The fraction of sp³-hybridized carbons (Fsp3) is 0.261. The number of aryl methyl sites for hydroxylation is 1. The molecule has 4 aromatic rings. The molecule has 0 radical (unpaired) electrons. The van der Waals surface area contributed by atoms with Crippen LogP contribution in [0.4, 0.5) is 11.9 Å². The largest absolute Gasteiger partial charge is 0.469 e. The van der Waals surface area contributed by atoms with Crippen LogP contribution in [-0.2, 0) is 11.3 Å². The van der Waals surface area contributed by atoms with Gasteiger partial charge in [0.2, 0.25) is 11.9 Å². The summed E-state index contributed by atoms with van der Waals surface area (Å²) in [5, 5.41) is 3.29. The Kier molecular flexibility index (Phi) is 5.71. The topological polar surface area (TPSA) is 102 Å². The summed E-state index contributed by atoms with van der Waals surface area (Å²) in [5.74, 6) is 2.00. The van der Waals surface area contributed by atoms with E-state index >= 15 is 0 Å². The monoisotopic (exact) mass is 429 g/mol. The molecule has 1 N–H and O–H groups in total. The number of furan rings is 1. The average Bonchev–Trinajstić information content (AvgIpc) is 3.29. The van der Waals surface area contributed by atoms with Gasteiger partial charge in [-0.25, -0.2) is 19.9 Å². The van der Waals surface area contributed by atoms with Gasteiger partial charge >= 0.3 is 0 Å². The summed E-state index contributed by atoms with van der Waals surface area (Å²) in [5.41, 5.74) is 4.34. The minimum absolute atomic E-state index is 0.531. The molecule has 9 heteroatoms. The standard InChI is InChI=1S/C23H23N7O2/c1-16-18(5-11-32-16)21-19(15-27-22(29-21)26-14-17-2-6-24-7-3-17)20-4-8-25-23(28-20)30-9-12-31-13-10-30/h2-8,11,15H,9-10,12-14H2,1H3,(H,26,27,29). The fourth-order valence-electron chi connectivity index (χ4n) is 3.59. The first-order valence-corrected chi connectivity index (χ1v) is 10.5. The minimum Gasteiger partial charge on any atom is -0.469 e. The van der Waals surface area contributed by atoms with Gasteiger partial charge in [0.15, 0.2) is 0 Å². The van der Waals surface area contributed by atoms with Crippen LogP contribution < -0.4 is 10.2 Å².